The molecular weight excluding hydrogens is 136 g/mol. The van der Waals surface area contributed by atoms with Crippen LogP contribution in [0.1, 0.15) is 19.8 Å². The molecule has 0 saturated heterocycles. The molecule has 0 spiro atoms. The van der Waals surface area contributed by atoms with Crippen LogP contribution >= 0.6 is 0 Å². The maximum atomic E-state index is 5.14. The zero-order valence-electron chi connectivity index (χ0n) is 7.03. The second kappa shape index (κ2) is 9.11. The highest BCUT2D eigenvalue weighted by atomic mass is 14.6. The van der Waals surface area contributed by atoms with Crippen molar-refractivity contribution in [3.8, 4) is 0 Å². The fourth-order valence-corrected chi connectivity index (χ4v) is 0.517. The first-order chi connectivity index (χ1) is 5.41. The van der Waals surface area contributed by atoms with Gasteiger partial charge in [0.15, 0.2) is 0 Å². The highest BCUT2D eigenvalue weighted by Gasteiger charge is 1.68. The van der Waals surface area contributed by atoms with Crippen LogP contribution in [0.4, 0.5) is 0 Å². The van der Waals surface area contributed by atoms with E-state index in [-0.39, 0.29) is 0 Å². The average molecular weight is 152 g/mol. The number of nitrogens with two attached hydrogens (primary N) is 1. The Kier molecular flexibility index (Phi) is 8.37. The summed E-state index contributed by atoms with van der Waals surface area (Å²) in [6.07, 6.45) is 5.89. The van der Waals surface area contributed by atoms with Gasteiger partial charge in [0.25, 0.3) is 0 Å². The van der Waals surface area contributed by atoms with Gasteiger partial charge in [-0.25, -0.2) is 0 Å². The Morgan fingerprint density at radius 3 is 1.91 bits per heavy atom. The molecule has 0 bridgehead atoms. The van der Waals surface area contributed by atoms with Crippen LogP contribution in [0.2, 0.25) is 0 Å². The minimum atomic E-state index is 0.844. The third kappa shape index (κ3) is 9.11. The Morgan fingerprint density at radius 2 is 1.82 bits per heavy atom. The summed E-state index contributed by atoms with van der Waals surface area (Å²) in [4.78, 5) is 3.78. The topological polar surface area (TPSA) is 38.9 Å². The molecule has 0 fully saturated rings. The van der Waals surface area contributed by atoms with Crippen molar-refractivity contribution >= 4 is 0 Å². The molecule has 0 aliphatic carbocycles. The summed E-state index contributed by atoms with van der Waals surface area (Å²) in [5, 5.41) is 0. The van der Waals surface area contributed by atoms with Crippen LogP contribution in [0.25, 0.3) is 0 Å². The van der Waals surface area contributed by atoms with Gasteiger partial charge in [-0.3, -0.25) is 4.98 Å². The molecule has 1 aromatic rings. The van der Waals surface area contributed by atoms with Gasteiger partial charge in [0.1, 0.15) is 0 Å². The lowest BCUT2D eigenvalue weighted by molar-refractivity contribution is 0.807. The molecule has 2 nitrogen and oxygen atoms in total. The van der Waals surface area contributed by atoms with Crippen molar-refractivity contribution in [3.63, 3.8) is 0 Å². The lowest BCUT2D eigenvalue weighted by Crippen LogP contribution is -1.95. The maximum Gasteiger partial charge on any atom is 0.0267 e. The van der Waals surface area contributed by atoms with Crippen molar-refractivity contribution in [3.05, 3.63) is 30.6 Å². The smallest absolute Gasteiger partial charge is 0.0267 e. The minimum absolute atomic E-state index is 0.844. The zero-order chi connectivity index (χ0) is 8.36. The van der Waals surface area contributed by atoms with E-state index in [1.807, 2.05) is 18.2 Å². The minimum Gasteiger partial charge on any atom is -0.330 e. The summed E-state index contributed by atoms with van der Waals surface area (Å²) in [5.74, 6) is 0. The fourth-order valence-electron chi connectivity index (χ4n) is 0.517. The quantitative estimate of drug-likeness (QED) is 0.702. The molecule has 1 rings (SSSR count). The lowest BCUT2D eigenvalue weighted by Gasteiger charge is -1.80. The summed E-state index contributed by atoms with van der Waals surface area (Å²) < 4.78 is 0. The first kappa shape index (κ1) is 10.1. The Labute approximate surface area is 68.5 Å². The highest BCUT2D eigenvalue weighted by Crippen LogP contribution is 1.77. The van der Waals surface area contributed by atoms with Crippen LogP contribution < -0.4 is 5.73 Å². The summed E-state index contributed by atoms with van der Waals surface area (Å²) in [6.45, 7) is 2.98. The van der Waals surface area contributed by atoms with Crippen molar-refractivity contribution in [2.24, 2.45) is 5.73 Å². The molecule has 0 atom stereocenters. The van der Waals surface area contributed by atoms with Crippen LogP contribution in [-0.4, -0.2) is 11.5 Å². The van der Waals surface area contributed by atoms with Gasteiger partial charge in [0, 0.05) is 12.4 Å². The van der Waals surface area contributed by atoms with Crippen molar-refractivity contribution in [2.45, 2.75) is 19.8 Å². The molecule has 0 saturated carbocycles. The molecule has 0 aliphatic heterocycles. The molecular formula is C9H16N2. The largest absolute Gasteiger partial charge is 0.330 e. The molecule has 0 aromatic carbocycles. The predicted molar refractivity (Wildman–Crippen MR) is 48.2 cm³/mol. The zero-order valence-corrected chi connectivity index (χ0v) is 7.03. The number of hydrogen-bond donors (Lipinski definition) is 1. The first-order valence-corrected chi connectivity index (χ1v) is 3.97. The molecule has 11 heavy (non-hydrogen) atoms. The van der Waals surface area contributed by atoms with Crippen LogP contribution in [0.3, 0.4) is 0 Å². The number of unbranched alkanes of at least 4 members (excludes halogenated alkanes) is 1. The van der Waals surface area contributed by atoms with Gasteiger partial charge in [0.2, 0.25) is 0 Å². The van der Waals surface area contributed by atoms with Crippen LogP contribution in [-0.2, 0) is 0 Å². The van der Waals surface area contributed by atoms with Crippen LogP contribution in [0.15, 0.2) is 30.6 Å². The molecule has 62 valence electrons. The van der Waals surface area contributed by atoms with E-state index in [0.717, 1.165) is 6.54 Å². The molecule has 0 unspecified atom stereocenters. The van der Waals surface area contributed by atoms with E-state index in [1.54, 1.807) is 12.4 Å². The molecule has 0 radical (unpaired) electrons. The van der Waals surface area contributed by atoms with E-state index in [1.165, 1.54) is 12.8 Å². The van der Waals surface area contributed by atoms with E-state index >= 15 is 0 Å². The van der Waals surface area contributed by atoms with E-state index in [9.17, 15) is 0 Å². The second-order valence-corrected chi connectivity index (χ2v) is 2.17. The maximum absolute atomic E-state index is 5.14. The summed E-state index contributed by atoms with van der Waals surface area (Å²) in [5.41, 5.74) is 5.14. The number of nitrogens with zero attached hydrogens (tertiary/aromatic N) is 1. The first-order valence-electron chi connectivity index (χ1n) is 3.97. The van der Waals surface area contributed by atoms with E-state index in [0.29, 0.717) is 0 Å². The monoisotopic (exact) mass is 152 g/mol. The molecule has 2 heteroatoms. The predicted octanol–water partition coefficient (Wildman–Crippen LogP) is 1.83. The Balaban J connectivity index is 0.000000187. The van der Waals surface area contributed by atoms with E-state index < -0.39 is 0 Å². The van der Waals surface area contributed by atoms with Crippen molar-refractivity contribution in [1.29, 1.82) is 0 Å². The SMILES string of the molecule is CCCCN.c1ccncc1. The third-order valence-corrected chi connectivity index (χ3v) is 1.12. The number of pyridine rings is 1. The van der Waals surface area contributed by atoms with E-state index in [2.05, 4.69) is 11.9 Å². The molecule has 1 heterocycles. The van der Waals surface area contributed by atoms with Crippen molar-refractivity contribution in [2.75, 3.05) is 6.54 Å². The van der Waals surface area contributed by atoms with Gasteiger partial charge in [-0.1, -0.05) is 19.4 Å². The molecule has 2 N–H and O–H groups in total. The van der Waals surface area contributed by atoms with Gasteiger partial charge in [-0.2, -0.15) is 0 Å². The molecule has 0 aliphatic rings. The van der Waals surface area contributed by atoms with Gasteiger partial charge in [-0.15, -0.1) is 0 Å². The van der Waals surface area contributed by atoms with Crippen molar-refractivity contribution < 1.29 is 0 Å². The molecule has 0 amide bonds. The third-order valence-electron chi connectivity index (χ3n) is 1.12. The second-order valence-electron chi connectivity index (χ2n) is 2.17. The summed E-state index contributed by atoms with van der Waals surface area (Å²) in [7, 11) is 0. The fraction of sp³-hybridized carbons (Fsp3) is 0.444. The summed E-state index contributed by atoms with van der Waals surface area (Å²) >= 11 is 0. The number of rotatable bonds is 2. The van der Waals surface area contributed by atoms with E-state index in [4.69, 9.17) is 5.73 Å². The Bertz CT molecular complexity index is 111. The van der Waals surface area contributed by atoms with Crippen LogP contribution in [0, 0.1) is 0 Å². The highest BCUT2D eigenvalue weighted by molar-refractivity contribution is 4.88. The van der Waals surface area contributed by atoms with Gasteiger partial charge < -0.3 is 5.73 Å². The Hall–Kier alpha value is -0.890. The van der Waals surface area contributed by atoms with Crippen LogP contribution in [0.5, 0.6) is 0 Å². The Morgan fingerprint density at radius 1 is 1.18 bits per heavy atom. The average Bonchev–Trinajstić information content (AvgIpc) is 2.10. The van der Waals surface area contributed by atoms with Gasteiger partial charge in [0.05, 0.1) is 0 Å². The standard InChI is InChI=1S/C5H5N.C4H11N/c1-2-4-6-5-3-1;1-2-3-4-5/h1-5H;2-5H2,1H3. The number of aromatic nitrogens is 1. The van der Waals surface area contributed by atoms with Gasteiger partial charge in [-0.05, 0) is 25.1 Å². The molecule has 1 aromatic heterocycles. The normalized spacial score (nSPS) is 8.18. The summed E-state index contributed by atoms with van der Waals surface area (Å²) in [6, 6.07) is 5.72. The van der Waals surface area contributed by atoms with Crippen molar-refractivity contribution in [1.82, 2.24) is 4.98 Å². The lowest BCUT2D eigenvalue weighted by atomic mass is 10.3. The number of hydrogen-bond acceptors (Lipinski definition) is 2. The van der Waals surface area contributed by atoms with Gasteiger partial charge >= 0.3 is 0 Å².